The summed E-state index contributed by atoms with van der Waals surface area (Å²) in [4.78, 5) is 62.5. The average molecular weight is 588 g/mol. The number of halogens is 1. The zero-order valence-electron chi connectivity index (χ0n) is 22.8. The number of primary amides is 1. The van der Waals surface area contributed by atoms with Crippen LogP contribution < -0.4 is 5.73 Å². The van der Waals surface area contributed by atoms with Crippen molar-refractivity contribution < 1.29 is 58.3 Å². The fourth-order valence-corrected chi connectivity index (χ4v) is 5.90. The second-order valence-electron chi connectivity index (χ2n) is 10.2. The molecule has 42 heavy (non-hydrogen) atoms. The molecular formula is C29H30FNO11. The number of aromatic hydroxyl groups is 1. The quantitative estimate of drug-likeness (QED) is 0.168. The Morgan fingerprint density at radius 3 is 2.40 bits per heavy atom. The first-order valence-electron chi connectivity index (χ1n) is 13.3. The van der Waals surface area contributed by atoms with Crippen LogP contribution in [0.25, 0.3) is 11.8 Å². The van der Waals surface area contributed by atoms with Crippen molar-refractivity contribution in [1.29, 1.82) is 0 Å². The number of alkyl halides is 1. The maximum absolute atomic E-state index is 14.6. The van der Waals surface area contributed by atoms with Crippen molar-refractivity contribution in [1.82, 2.24) is 0 Å². The molecule has 0 aromatic heterocycles. The summed E-state index contributed by atoms with van der Waals surface area (Å²) >= 11 is 0. The van der Waals surface area contributed by atoms with E-state index in [1.807, 2.05) is 0 Å². The highest BCUT2D eigenvalue weighted by Gasteiger charge is 2.60. The Labute approximate surface area is 238 Å². The number of aliphatic hydroxyl groups excluding tert-OH is 2. The summed E-state index contributed by atoms with van der Waals surface area (Å²) in [7, 11) is 0. The summed E-state index contributed by atoms with van der Waals surface area (Å²) in [5, 5.41) is 43.9. The number of Topliss-reactive ketones (excluding diaryl/α,β-unsaturated/α-hetero) is 2. The van der Waals surface area contributed by atoms with Gasteiger partial charge in [0.2, 0.25) is 12.0 Å². The molecule has 0 heterocycles. The third-order valence-electron chi connectivity index (χ3n) is 7.79. The van der Waals surface area contributed by atoms with E-state index in [-0.39, 0.29) is 53.9 Å². The highest BCUT2D eigenvalue weighted by atomic mass is 19.1. The second-order valence-corrected chi connectivity index (χ2v) is 10.2. The predicted molar refractivity (Wildman–Crippen MR) is 142 cm³/mol. The molecule has 4 rings (SSSR count). The fourth-order valence-electron chi connectivity index (χ4n) is 5.90. The van der Waals surface area contributed by atoms with Gasteiger partial charge in [-0.2, -0.15) is 0 Å². The van der Waals surface area contributed by atoms with Crippen LogP contribution in [0.1, 0.15) is 49.8 Å². The van der Waals surface area contributed by atoms with Crippen molar-refractivity contribution in [2.75, 3.05) is 13.2 Å². The number of benzene rings is 1. The molecule has 0 saturated heterocycles. The Hall–Kier alpha value is -4.52. The van der Waals surface area contributed by atoms with E-state index >= 15 is 0 Å². The van der Waals surface area contributed by atoms with Crippen LogP contribution in [-0.4, -0.2) is 74.8 Å². The highest BCUT2D eigenvalue weighted by molar-refractivity contribution is 6.22. The molecule has 1 amide bonds. The number of nitrogens with two attached hydrogens (primary N) is 1. The Balaban J connectivity index is 1.84. The van der Waals surface area contributed by atoms with E-state index in [1.54, 1.807) is 0 Å². The number of fused-ring (bicyclic) bond motifs is 3. The number of phenolic OH excluding ortho intramolecular Hbond substituents is 1. The minimum absolute atomic E-state index is 0.0400. The van der Waals surface area contributed by atoms with Crippen LogP contribution in [0.2, 0.25) is 0 Å². The molecule has 4 atom stereocenters. The molecule has 0 radical (unpaired) electrons. The molecule has 0 spiro atoms. The normalized spacial score (nSPS) is 24.4. The van der Waals surface area contributed by atoms with Gasteiger partial charge in [0.05, 0.1) is 18.8 Å². The van der Waals surface area contributed by atoms with Gasteiger partial charge >= 0.3 is 11.9 Å². The van der Waals surface area contributed by atoms with Gasteiger partial charge in [-0.25, -0.2) is 14.0 Å². The Bertz CT molecular complexity index is 1490. The summed E-state index contributed by atoms with van der Waals surface area (Å²) in [6, 6.07) is 2.55. The molecule has 13 heteroatoms. The van der Waals surface area contributed by atoms with Crippen molar-refractivity contribution in [2.45, 2.75) is 51.3 Å². The number of aliphatic hydroxyl groups is 3. The van der Waals surface area contributed by atoms with Gasteiger partial charge in [-0.15, -0.1) is 0 Å². The van der Waals surface area contributed by atoms with Gasteiger partial charge in [0, 0.05) is 29.9 Å². The van der Waals surface area contributed by atoms with E-state index in [0.717, 1.165) is 6.07 Å². The number of amides is 1. The van der Waals surface area contributed by atoms with Crippen LogP contribution in [0.5, 0.6) is 5.75 Å². The van der Waals surface area contributed by atoms with Crippen LogP contribution in [0.15, 0.2) is 34.6 Å². The number of esters is 2. The van der Waals surface area contributed by atoms with Gasteiger partial charge in [0.15, 0.2) is 11.4 Å². The van der Waals surface area contributed by atoms with Crippen LogP contribution in [-0.2, 0) is 39.9 Å². The summed E-state index contributed by atoms with van der Waals surface area (Å²) in [5.41, 5.74) is 1.31. The number of hydrogen-bond acceptors (Lipinski definition) is 11. The van der Waals surface area contributed by atoms with E-state index < -0.39 is 88.7 Å². The van der Waals surface area contributed by atoms with Crippen molar-refractivity contribution in [3.63, 3.8) is 0 Å². The monoisotopic (exact) mass is 587 g/mol. The number of carbonyl (C=O) groups is 5. The lowest BCUT2D eigenvalue weighted by molar-refractivity contribution is -0.149. The molecule has 224 valence electrons. The zero-order chi connectivity index (χ0) is 31.1. The van der Waals surface area contributed by atoms with Crippen LogP contribution in [0.4, 0.5) is 4.39 Å². The second kappa shape index (κ2) is 11.4. The third-order valence-corrected chi connectivity index (χ3v) is 7.79. The molecule has 1 fully saturated rings. The van der Waals surface area contributed by atoms with Crippen molar-refractivity contribution in [3.05, 3.63) is 51.3 Å². The van der Waals surface area contributed by atoms with E-state index in [4.69, 9.17) is 10.5 Å². The maximum atomic E-state index is 14.6. The Kier molecular flexibility index (Phi) is 8.26. The number of ether oxygens (including phenoxy) is 2. The molecule has 1 aromatic carbocycles. The third kappa shape index (κ3) is 4.93. The summed E-state index contributed by atoms with van der Waals surface area (Å²) in [5.74, 6) is -9.75. The van der Waals surface area contributed by atoms with Gasteiger partial charge in [0.1, 0.15) is 22.8 Å². The van der Waals surface area contributed by atoms with Crippen LogP contribution >= 0.6 is 0 Å². The molecule has 6 N–H and O–H groups in total. The molecule has 1 saturated carbocycles. The number of ketones is 2. The van der Waals surface area contributed by atoms with Gasteiger partial charge in [-0.1, -0.05) is 6.07 Å². The first-order chi connectivity index (χ1) is 19.8. The SMILES string of the molecule is CCOC(=O)/C(=C\c1ccc(O)c2c1C[C@H]1C[C@H]3CC(=O)C(C(N)=O)=C(O)[C@@]3(O)C(=O)C1=C2O)CC(F)C(=O)OCC. The molecule has 3 aliphatic carbocycles. The molecular weight excluding hydrogens is 557 g/mol. The van der Waals surface area contributed by atoms with Gasteiger partial charge in [0.25, 0.3) is 5.91 Å². The Morgan fingerprint density at radius 1 is 1.12 bits per heavy atom. The standard InChI is InChI=1S/C29H30FNO11/c1-3-41-27(38)14(10-17(30)28(39)42-4-2)7-12-5-6-18(32)21-16(12)9-13-8-15-11-19(33)22(26(31)37)25(36)29(15,40)24(35)20(13)23(21)34/h5-7,13,15,17,32,34,36,40H,3-4,8-11H2,1-2H3,(H2,31,37)/b14-7-/t13-,15+,17?,29+/m1/s1. The first-order valence-corrected chi connectivity index (χ1v) is 13.3. The van der Waals surface area contributed by atoms with Crippen LogP contribution in [0.3, 0.4) is 0 Å². The molecule has 1 unspecified atom stereocenters. The zero-order valence-corrected chi connectivity index (χ0v) is 22.8. The summed E-state index contributed by atoms with van der Waals surface area (Å²) < 4.78 is 24.4. The molecule has 0 bridgehead atoms. The van der Waals surface area contributed by atoms with Crippen molar-refractivity contribution in [3.8, 4) is 5.75 Å². The first kappa shape index (κ1) is 30.4. The van der Waals surface area contributed by atoms with Crippen LogP contribution in [0, 0.1) is 11.8 Å². The van der Waals surface area contributed by atoms with Gasteiger partial charge in [-0.05, 0) is 55.9 Å². The topological polar surface area (TPSA) is 211 Å². The summed E-state index contributed by atoms with van der Waals surface area (Å²) in [6.07, 6.45) is -2.24. The van der Waals surface area contributed by atoms with E-state index in [1.165, 1.54) is 26.0 Å². The lowest BCUT2D eigenvalue weighted by Gasteiger charge is -2.46. The fraction of sp³-hybridized carbons (Fsp3) is 0.414. The lowest BCUT2D eigenvalue weighted by atomic mass is 9.59. The van der Waals surface area contributed by atoms with E-state index in [9.17, 15) is 48.8 Å². The van der Waals surface area contributed by atoms with E-state index in [2.05, 4.69) is 4.74 Å². The maximum Gasteiger partial charge on any atom is 0.341 e. The smallest absolute Gasteiger partial charge is 0.341 e. The molecule has 12 nitrogen and oxygen atoms in total. The van der Waals surface area contributed by atoms with Gasteiger partial charge < -0.3 is 35.6 Å². The van der Waals surface area contributed by atoms with Crippen molar-refractivity contribution in [2.24, 2.45) is 17.6 Å². The van der Waals surface area contributed by atoms with Gasteiger partial charge in [-0.3, -0.25) is 14.4 Å². The number of hydrogen-bond donors (Lipinski definition) is 5. The molecule has 0 aliphatic heterocycles. The largest absolute Gasteiger partial charge is 0.508 e. The average Bonchev–Trinajstić information content (AvgIpc) is 2.91. The van der Waals surface area contributed by atoms with E-state index in [0.29, 0.717) is 0 Å². The minimum atomic E-state index is -2.71. The lowest BCUT2D eigenvalue weighted by Crippen LogP contribution is -2.58. The predicted octanol–water partition coefficient (Wildman–Crippen LogP) is 1.66. The number of rotatable bonds is 8. The number of carbonyl (C=O) groups excluding carboxylic acids is 5. The molecule has 1 aromatic rings. The molecule has 3 aliphatic rings. The van der Waals surface area contributed by atoms with Crippen molar-refractivity contribution >= 4 is 41.2 Å². The summed E-state index contributed by atoms with van der Waals surface area (Å²) in [6.45, 7) is 2.92. The number of phenols is 1. The minimum Gasteiger partial charge on any atom is -0.508 e. The Morgan fingerprint density at radius 2 is 1.79 bits per heavy atom. The highest BCUT2D eigenvalue weighted by Crippen LogP contribution is 2.52.